The Morgan fingerprint density at radius 1 is 1.32 bits per heavy atom. The minimum Gasteiger partial charge on any atom is -0.448 e. The topological polar surface area (TPSA) is 135 Å². The lowest BCUT2D eigenvalue weighted by atomic mass is 9.79. The number of nitriles is 1. The highest BCUT2D eigenvalue weighted by Crippen LogP contribution is 2.35. The normalized spacial score (nSPS) is 22.6. The Bertz CT molecular complexity index is 1100. The maximum Gasteiger partial charge on any atom is 0.409 e. The van der Waals surface area contributed by atoms with Crippen LogP contribution in [0, 0.1) is 23.7 Å². The predicted octanol–water partition coefficient (Wildman–Crippen LogP) is 2.10. The molecule has 3 heterocycles. The summed E-state index contributed by atoms with van der Waals surface area (Å²) in [6, 6.07) is 7.97. The van der Waals surface area contributed by atoms with Crippen LogP contribution in [0.25, 0.3) is 5.57 Å². The molecule has 2 atom stereocenters. The summed E-state index contributed by atoms with van der Waals surface area (Å²) in [7, 11) is -1.44. The number of ether oxygens (including phenoxy) is 1. The molecule has 10 nitrogen and oxygen atoms in total. The highest BCUT2D eigenvalue weighted by atomic mass is 32.2. The third kappa shape index (κ3) is 6.38. The minimum atomic E-state index is -1.44. The van der Waals surface area contributed by atoms with E-state index in [1.807, 2.05) is 29.4 Å². The molecule has 200 valence electrons. The van der Waals surface area contributed by atoms with E-state index in [2.05, 4.69) is 11.4 Å². The lowest BCUT2D eigenvalue weighted by Crippen LogP contribution is -2.53. The maximum absolute atomic E-state index is 13.3. The number of nitrogens with zero attached hydrogens (tertiary/aromatic N) is 3. The number of nitrogens with one attached hydrogen (secondary N) is 2. The number of rotatable bonds is 7. The van der Waals surface area contributed by atoms with Gasteiger partial charge in [-0.3, -0.25) is 10.0 Å². The summed E-state index contributed by atoms with van der Waals surface area (Å²) in [6.45, 7) is 4.88. The summed E-state index contributed by atoms with van der Waals surface area (Å²) in [4.78, 5) is 26.8. The third-order valence-corrected chi connectivity index (χ3v) is 9.40. The third-order valence-electron chi connectivity index (χ3n) is 7.69. The van der Waals surface area contributed by atoms with Gasteiger partial charge < -0.3 is 15.0 Å². The van der Waals surface area contributed by atoms with Crippen LogP contribution in [-0.4, -0.2) is 81.7 Å². The van der Waals surface area contributed by atoms with Crippen LogP contribution in [0.5, 0.6) is 0 Å². The molecule has 2 saturated heterocycles. The van der Waals surface area contributed by atoms with Crippen LogP contribution < -0.4 is 10.8 Å². The fraction of sp³-hybridized carbons (Fsp3) is 0.577. The van der Waals surface area contributed by atoms with E-state index >= 15 is 0 Å². The van der Waals surface area contributed by atoms with E-state index in [0.717, 1.165) is 36.1 Å². The number of likely N-dealkylation sites (tertiary alicyclic amines) is 1. The second-order valence-corrected chi connectivity index (χ2v) is 11.5. The van der Waals surface area contributed by atoms with Gasteiger partial charge in [-0.25, -0.2) is 18.8 Å². The second kappa shape index (κ2) is 12.2. The van der Waals surface area contributed by atoms with Crippen molar-refractivity contribution in [2.24, 2.45) is 5.41 Å². The van der Waals surface area contributed by atoms with Crippen molar-refractivity contribution in [3.8, 4) is 6.07 Å². The largest absolute Gasteiger partial charge is 0.448 e. The minimum absolute atomic E-state index is 0.0767. The highest BCUT2D eigenvalue weighted by molar-refractivity contribution is 7.82. The van der Waals surface area contributed by atoms with Gasteiger partial charge in [-0.05, 0) is 74.4 Å². The van der Waals surface area contributed by atoms with Crippen molar-refractivity contribution < 1.29 is 23.7 Å². The van der Waals surface area contributed by atoms with E-state index in [9.17, 15) is 19.0 Å². The van der Waals surface area contributed by atoms with E-state index in [1.54, 1.807) is 16.4 Å². The van der Waals surface area contributed by atoms with Gasteiger partial charge in [-0.15, -0.1) is 0 Å². The van der Waals surface area contributed by atoms with Gasteiger partial charge in [-0.1, -0.05) is 12.1 Å². The average Bonchev–Trinajstić information content (AvgIpc) is 3.45. The number of amides is 2. The standard InChI is InChI=1S/C26H35N5O5S/c1-19-15-20(16-27)4-5-23(19)21-6-11-31(12-7-21)37(35)18-26(24(32)29-34)8-13-30(14-9-26)25(33)36-17-22-3-2-10-28-22/h4-6,15,22,28,34H,2-3,7-14,17-18H2,1H3,(H,29,32). The Morgan fingerprint density at radius 2 is 2.11 bits per heavy atom. The zero-order chi connectivity index (χ0) is 26.4. The van der Waals surface area contributed by atoms with Crippen molar-refractivity contribution in [2.45, 2.75) is 45.1 Å². The van der Waals surface area contributed by atoms with E-state index < -0.39 is 28.4 Å². The fourth-order valence-electron chi connectivity index (χ4n) is 5.34. The van der Waals surface area contributed by atoms with Crippen LogP contribution in [0.4, 0.5) is 4.79 Å². The van der Waals surface area contributed by atoms with Gasteiger partial charge >= 0.3 is 6.09 Å². The number of hydrogen-bond donors (Lipinski definition) is 3. The van der Waals surface area contributed by atoms with Gasteiger partial charge in [0.15, 0.2) is 0 Å². The molecule has 0 aliphatic carbocycles. The van der Waals surface area contributed by atoms with Crippen molar-refractivity contribution in [3.63, 3.8) is 0 Å². The SMILES string of the molecule is Cc1cc(C#N)ccc1C1=CCN(S(=O)CC2(C(=O)NO)CCN(C(=O)OCC3CCCN3)CC2)CC1. The second-order valence-electron chi connectivity index (χ2n) is 10.1. The van der Waals surface area contributed by atoms with Crippen molar-refractivity contribution in [1.82, 2.24) is 20.0 Å². The summed E-state index contributed by atoms with van der Waals surface area (Å²) in [5, 5.41) is 21.8. The molecule has 0 saturated carbocycles. The predicted molar refractivity (Wildman–Crippen MR) is 139 cm³/mol. The van der Waals surface area contributed by atoms with E-state index in [4.69, 9.17) is 10.00 Å². The van der Waals surface area contributed by atoms with E-state index in [-0.39, 0.29) is 11.8 Å². The van der Waals surface area contributed by atoms with Crippen molar-refractivity contribution in [3.05, 3.63) is 41.0 Å². The number of piperidine rings is 1. The summed E-state index contributed by atoms with van der Waals surface area (Å²) in [6.07, 6.45) is 4.99. The molecule has 1 aromatic carbocycles. The Kier molecular flexibility index (Phi) is 8.97. The molecule has 1 aromatic rings. The van der Waals surface area contributed by atoms with Crippen LogP contribution in [0.1, 0.15) is 48.8 Å². The number of hydroxylamine groups is 1. The molecule has 3 aliphatic heterocycles. The molecule has 37 heavy (non-hydrogen) atoms. The molecule has 2 amide bonds. The molecule has 3 aliphatic rings. The van der Waals surface area contributed by atoms with Crippen molar-refractivity contribution >= 4 is 28.6 Å². The molecule has 0 spiro atoms. The average molecular weight is 530 g/mol. The number of carbonyl (C=O) groups is 2. The molecule has 2 fully saturated rings. The molecule has 0 aromatic heterocycles. The molecule has 0 radical (unpaired) electrons. The summed E-state index contributed by atoms with van der Waals surface area (Å²) in [5.41, 5.74) is 4.63. The van der Waals surface area contributed by atoms with Crippen LogP contribution in [0.15, 0.2) is 24.3 Å². The Morgan fingerprint density at radius 3 is 2.70 bits per heavy atom. The fourth-order valence-corrected chi connectivity index (χ4v) is 6.95. The maximum atomic E-state index is 13.3. The number of carbonyl (C=O) groups excluding carboxylic acids is 2. The monoisotopic (exact) mass is 529 g/mol. The van der Waals surface area contributed by atoms with Crippen LogP contribution in [0.2, 0.25) is 0 Å². The first-order valence-electron chi connectivity index (χ1n) is 12.8. The quantitative estimate of drug-likeness (QED) is 0.364. The van der Waals surface area contributed by atoms with Crippen molar-refractivity contribution in [1.29, 1.82) is 5.26 Å². The molecular weight excluding hydrogens is 494 g/mol. The lowest BCUT2D eigenvalue weighted by molar-refractivity contribution is -0.141. The van der Waals surface area contributed by atoms with Gasteiger partial charge in [0.2, 0.25) is 0 Å². The number of benzene rings is 1. The molecule has 4 rings (SSSR count). The van der Waals surface area contributed by atoms with E-state index in [1.165, 1.54) is 0 Å². The Labute approximate surface area is 220 Å². The van der Waals surface area contributed by atoms with E-state index in [0.29, 0.717) is 57.6 Å². The number of hydrogen-bond acceptors (Lipinski definition) is 7. The number of aryl methyl sites for hydroxylation is 1. The Balaban J connectivity index is 1.34. The first-order chi connectivity index (χ1) is 17.8. The smallest absolute Gasteiger partial charge is 0.409 e. The summed E-state index contributed by atoms with van der Waals surface area (Å²) >= 11 is 0. The van der Waals surface area contributed by atoms with Gasteiger partial charge in [-0.2, -0.15) is 5.26 Å². The molecule has 3 N–H and O–H groups in total. The zero-order valence-corrected chi connectivity index (χ0v) is 22.0. The Hall–Kier alpha value is -2.78. The molecule has 0 bridgehead atoms. The summed E-state index contributed by atoms with van der Waals surface area (Å²) in [5.74, 6) is -0.488. The summed E-state index contributed by atoms with van der Waals surface area (Å²) < 4.78 is 20.6. The van der Waals surface area contributed by atoms with Gasteiger partial charge in [0.1, 0.15) is 6.61 Å². The van der Waals surface area contributed by atoms with Crippen LogP contribution in [-0.2, 0) is 20.5 Å². The van der Waals surface area contributed by atoms with Crippen molar-refractivity contribution in [2.75, 3.05) is 45.1 Å². The molecule has 11 heteroatoms. The van der Waals surface area contributed by atoms with Gasteiger partial charge in [0, 0.05) is 32.2 Å². The zero-order valence-electron chi connectivity index (χ0n) is 21.2. The first-order valence-corrected chi connectivity index (χ1v) is 14.1. The first kappa shape index (κ1) is 27.3. The van der Waals surface area contributed by atoms with Crippen LogP contribution in [0.3, 0.4) is 0 Å². The highest BCUT2D eigenvalue weighted by Gasteiger charge is 2.45. The van der Waals surface area contributed by atoms with Gasteiger partial charge in [0.05, 0.1) is 33.8 Å². The van der Waals surface area contributed by atoms with Crippen LogP contribution >= 0.6 is 0 Å². The lowest BCUT2D eigenvalue weighted by Gasteiger charge is -2.40. The van der Waals surface area contributed by atoms with Gasteiger partial charge in [0.25, 0.3) is 5.91 Å². The molecular formula is C26H35N5O5S. The molecule has 2 unspecified atom stereocenters.